The summed E-state index contributed by atoms with van der Waals surface area (Å²) in [6.45, 7) is 6.61. The summed E-state index contributed by atoms with van der Waals surface area (Å²) in [6.07, 6.45) is 10.8. The van der Waals surface area contributed by atoms with E-state index in [0.29, 0.717) is 66.4 Å². The Hall–Kier alpha value is -7.97. The van der Waals surface area contributed by atoms with Gasteiger partial charge < -0.3 is 39.8 Å². The third-order valence-corrected chi connectivity index (χ3v) is 15.2. The van der Waals surface area contributed by atoms with E-state index in [1.807, 2.05) is 0 Å². The average molecular weight is 1050 g/mol. The van der Waals surface area contributed by atoms with Crippen LogP contribution < -0.4 is 30.9 Å². The summed E-state index contributed by atoms with van der Waals surface area (Å²) in [4.78, 5) is 94.9. The second-order valence-electron chi connectivity index (χ2n) is 20.2. The summed E-state index contributed by atoms with van der Waals surface area (Å²) in [7, 11) is 0. The zero-order valence-electron chi connectivity index (χ0n) is 41.8. The average Bonchev–Trinajstić information content (AvgIpc) is 4.19. The van der Waals surface area contributed by atoms with Gasteiger partial charge in [-0.3, -0.25) is 44.1 Å². The van der Waals surface area contributed by atoms with Crippen molar-refractivity contribution in [3.8, 4) is 29.6 Å². The molecule has 11 rings (SSSR count). The minimum Gasteiger partial charge on any atom is -0.461 e. The lowest BCUT2D eigenvalue weighted by atomic mass is 9.94. The number of carbonyl (C=O) groups excluding carboxylic acids is 6. The lowest BCUT2D eigenvalue weighted by molar-refractivity contribution is -0.136. The Morgan fingerprint density at radius 3 is 2.55 bits per heavy atom. The largest absolute Gasteiger partial charge is 0.461 e. The van der Waals surface area contributed by atoms with Crippen LogP contribution in [0.2, 0.25) is 0 Å². The number of hydrogen-bond donors (Lipinski definition) is 4. The van der Waals surface area contributed by atoms with Gasteiger partial charge in [-0.25, -0.2) is 13.6 Å². The number of aromatic nitrogens is 3. The smallest absolute Gasteiger partial charge is 0.407 e. The van der Waals surface area contributed by atoms with E-state index in [-0.39, 0.29) is 117 Å². The van der Waals surface area contributed by atoms with Crippen molar-refractivity contribution < 1.29 is 56.5 Å². The molecule has 5 saturated heterocycles. The molecule has 2 bridgehead atoms. The number of halogens is 2. The highest BCUT2D eigenvalue weighted by Crippen LogP contribution is 2.45. The molecule has 5 aromatic rings. The van der Waals surface area contributed by atoms with Gasteiger partial charge in [0.25, 0.3) is 11.8 Å². The summed E-state index contributed by atoms with van der Waals surface area (Å²) >= 11 is 0. The molecule has 398 valence electrons. The van der Waals surface area contributed by atoms with Crippen LogP contribution in [-0.2, 0) is 28.6 Å². The van der Waals surface area contributed by atoms with Crippen LogP contribution in [0.15, 0.2) is 66.9 Å². The van der Waals surface area contributed by atoms with Gasteiger partial charge in [-0.2, -0.15) is 9.97 Å². The minimum atomic E-state index is -1.10. The number of piperidine rings is 1. The van der Waals surface area contributed by atoms with Crippen molar-refractivity contribution in [3.05, 3.63) is 95.2 Å². The number of hydrogen-bond acceptors (Lipinski definition) is 16. The zero-order chi connectivity index (χ0) is 53.5. The fraction of sp³-hybridized carbons (Fsp3) is 0.400. The molecule has 0 saturated carbocycles. The molecule has 5 fully saturated rings. The van der Waals surface area contributed by atoms with E-state index in [1.54, 1.807) is 30.5 Å². The van der Waals surface area contributed by atoms with Crippen molar-refractivity contribution in [3.63, 3.8) is 0 Å². The SMILES string of the molecule is C#Cc1c(F)ccc2cccc(-c3ncc4c(N5CC6CCC(C5)N6)nc(OC[C@@]56CC[C@@H](COC(=O)NCCOCCOCC(=O)Nc7ccc8c(c7)C(=O)N(C7CCC(=O)NC7=O)C8=O)N5CC(=C)C6)nc4c3F)c12. The van der Waals surface area contributed by atoms with Crippen LogP contribution in [0.25, 0.3) is 32.9 Å². The molecule has 0 radical (unpaired) electrons. The molecule has 5 atom stereocenters. The minimum absolute atomic E-state index is 0.00165. The lowest BCUT2D eigenvalue weighted by Gasteiger charge is -2.35. The van der Waals surface area contributed by atoms with Crippen LogP contribution in [0.3, 0.4) is 0 Å². The number of terminal acetylenes is 1. The topological polar surface area (TPSA) is 236 Å². The van der Waals surface area contributed by atoms with Crippen LogP contribution in [0.4, 0.5) is 25.1 Å². The summed E-state index contributed by atoms with van der Waals surface area (Å²) < 4.78 is 55.3. The number of nitrogens with zero attached hydrogens (tertiary/aromatic N) is 6. The van der Waals surface area contributed by atoms with E-state index in [9.17, 15) is 28.8 Å². The summed E-state index contributed by atoms with van der Waals surface area (Å²) in [5.74, 6) is -1.41. The van der Waals surface area contributed by atoms with Crippen LogP contribution >= 0.6 is 0 Å². The van der Waals surface area contributed by atoms with Crippen LogP contribution in [0.1, 0.15) is 71.2 Å². The lowest BCUT2D eigenvalue weighted by Crippen LogP contribution is -2.54. The molecule has 6 aliphatic rings. The van der Waals surface area contributed by atoms with E-state index < -0.39 is 58.8 Å². The summed E-state index contributed by atoms with van der Waals surface area (Å²) in [6, 6.07) is 11.6. The molecule has 2 aromatic heterocycles. The fourth-order valence-corrected chi connectivity index (χ4v) is 11.7. The van der Waals surface area contributed by atoms with Gasteiger partial charge in [0.1, 0.15) is 48.7 Å². The third-order valence-electron chi connectivity index (χ3n) is 15.2. The Balaban J connectivity index is 0.657. The van der Waals surface area contributed by atoms with Crippen LogP contribution in [0, 0.1) is 24.0 Å². The van der Waals surface area contributed by atoms with Crippen molar-refractivity contribution in [2.24, 2.45) is 0 Å². The molecule has 6 aliphatic heterocycles. The molecule has 4 N–H and O–H groups in total. The Labute approximate surface area is 440 Å². The molecule has 22 heteroatoms. The second kappa shape index (κ2) is 21.2. The van der Waals surface area contributed by atoms with Gasteiger partial charge in [-0.1, -0.05) is 42.3 Å². The van der Waals surface area contributed by atoms with Gasteiger partial charge in [0.05, 0.1) is 47.4 Å². The molecule has 77 heavy (non-hydrogen) atoms. The van der Waals surface area contributed by atoms with E-state index in [1.165, 1.54) is 24.3 Å². The highest BCUT2D eigenvalue weighted by Gasteiger charge is 2.52. The molecular weight excluding hydrogens is 999 g/mol. The van der Waals surface area contributed by atoms with Crippen molar-refractivity contribution in [1.82, 2.24) is 40.7 Å². The maximum atomic E-state index is 17.2. The molecule has 0 spiro atoms. The normalized spacial score (nSPS) is 22.8. The van der Waals surface area contributed by atoms with Gasteiger partial charge in [-0.15, -0.1) is 6.42 Å². The van der Waals surface area contributed by atoms with E-state index in [0.717, 1.165) is 23.3 Å². The number of fused-ring (bicyclic) bond motifs is 6. The van der Waals surface area contributed by atoms with E-state index in [2.05, 4.69) is 48.6 Å². The molecule has 8 heterocycles. The maximum absolute atomic E-state index is 17.2. The summed E-state index contributed by atoms with van der Waals surface area (Å²) in [5, 5.41) is 12.5. The first-order chi connectivity index (χ1) is 37.3. The van der Waals surface area contributed by atoms with Gasteiger partial charge in [0, 0.05) is 73.6 Å². The van der Waals surface area contributed by atoms with Gasteiger partial charge >= 0.3 is 12.1 Å². The number of nitrogens with one attached hydrogen (secondary N) is 4. The Morgan fingerprint density at radius 2 is 1.74 bits per heavy atom. The maximum Gasteiger partial charge on any atom is 0.407 e. The predicted octanol–water partition coefficient (Wildman–Crippen LogP) is 4.39. The number of pyridine rings is 1. The first-order valence-corrected chi connectivity index (χ1v) is 25.6. The van der Waals surface area contributed by atoms with Crippen molar-refractivity contribution in [2.45, 2.75) is 74.7 Å². The second-order valence-corrected chi connectivity index (χ2v) is 20.2. The number of amides is 6. The zero-order valence-corrected chi connectivity index (χ0v) is 41.8. The quantitative estimate of drug-likeness (QED) is 0.0438. The number of imide groups is 2. The van der Waals surface area contributed by atoms with E-state index >= 15 is 8.78 Å². The monoisotopic (exact) mass is 1050 g/mol. The van der Waals surface area contributed by atoms with Crippen LogP contribution in [0.5, 0.6) is 6.01 Å². The molecule has 3 aromatic carbocycles. The Bertz CT molecular complexity index is 3320. The highest BCUT2D eigenvalue weighted by atomic mass is 19.1. The highest BCUT2D eigenvalue weighted by molar-refractivity contribution is 6.24. The van der Waals surface area contributed by atoms with Crippen LogP contribution in [-0.4, -0.2) is 156 Å². The number of piperazine rings is 1. The first kappa shape index (κ1) is 51.2. The third kappa shape index (κ3) is 10.0. The Kier molecular flexibility index (Phi) is 14.1. The Morgan fingerprint density at radius 1 is 0.935 bits per heavy atom. The molecule has 20 nitrogen and oxygen atoms in total. The molecule has 0 aliphatic carbocycles. The number of anilines is 2. The van der Waals surface area contributed by atoms with Gasteiger partial charge in [-0.05, 0) is 68.2 Å². The van der Waals surface area contributed by atoms with Crippen molar-refractivity contribution >= 4 is 68.8 Å². The fourth-order valence-electron chi connectivity index (χ4n) is 11.7. The van der Waals surface area contributed by atoms with Gasteiger partial charge in [0.2, 0.25) is 17.7 Å². The molecular formula is C55H54F2N10O10. The number of alkyl carbamates (subject to hydrolysis) is 1. The molecule has 6 amide bonds. The van der Waals surface area contributed by atoms with Gasteiger partial charge in [0.15, 0.2) is 5.82 Å². The standard InChI is InChI=1S/C55H54F2N10O10/c1-3-36-41(56)12-7-31-5-4-6-38(45(31)36)47-46(57)48-40(23-59-47)49(65-25-33-8-9-34(26-65)60-33)64-53(63-48)77-29-55-16-15-35(66(55)24-30(2)22-55)27-76-54(73)58-17-18-74-19-20-75-28-44(69)61-32-10-11-37-39(21-32)52(72)67(51(37)71)42-13-14-43(68)62-50(42)70/h1,4-7,10-12,21,23,33-35,42,60H,2,8-9,13-20,22,24-29H2,(H,58,73)(H,61,69)(H,62,68,70)/t33?,34?,35-,42?,55-/m0/s1. The number of benzene rings is 3. The molecule has 3 unspecified atom stereocenters. The van der Waals surface area contributed by atoms with Crippen molar-refractivity contribution in [2.75, 3.05) is 76.0 Å². The van der Waals surface area contributed by atoms with Crippen molar-refractivity contribution in [1.29, 1.82) is 0 Å². The summed E-state index contributed by atoms with van der Waals surface area (Å²) in [5.41, 5.74) is 1.20. The number of rotatable bonds is 17. The van der Waals surface area contributed by atoms with E-state index in [4.69, 9.17) is 35.3 Å². The number of carbonyl (C=O) groups is 6. The first-order valence-electron chi connectivity index (χ1n) is 25.6. The number of ether oxygens (including phenoxy) is 4. The predicted molar refractivity (Wildman–Crippen MR) is 275 cm³/mol.